The van der Waals surface area contributed by atoms with Gasteiger partial charge in [0.2, 0.25) is 0 Å². The second kappa shape index (κ2) is 10.3. The molecule has 1 unspecified atom stereocenters. The summed E-state index contributed by atoms with van der Waals surface area (Å²) in [5.41, 5.74) is 4.32. The van der Waals surface area contributed by atoms with E-state index in [4.69, 9.17) is 21.2 Å². The number of thiophene rings is 1. The number of halogens is 1. The van der Waals surface area contributed by atoms with Crippen molar-refractivity contribution in [1.82, 2.24) is 20.3 Å². The number of hydrogen-bond donors (Lipinski definition) is 3. The molecule has 2 aliphatic rings. The Kier molecular flexibility index (Phi) is 7.16. The lowest BCUT2D eigenvalue weighted by molar-refractivity contribution is 0.0889. The second-order valence-corrected chi connectivity index (χ2v) is 11.3. The van der Waals surface area contributed by atoms with E-state index < -0.39 is 0 Å². The lowest BCUT2D eigenvalue weighted by atomic mass is 10.0. The Morgan fingerprint density at radius 2 is 2.08 bits per heavy atom. The van der Waals surface area contributed by atoms with Crippen LogP contribution in [0.3, 0.4) is 0 Å². The van der Waals surface area contributed by atoms with Crippen LogP contribution in [0.25, 0.3) is 16.7 Å². The summed E-state index contributed by atoms with van der Waals surface area (Å²) in [5, 5.41) is 14.5. The van der Waals surface area contributed by atoms with Gasteiger partial charge in [-0.05, 0) is 57.0 Å². The van der Waals surface area contributed by atoms with Gasteiger partial charge in [-0.25, -0.2) is 0 Å². The number of aromatic nitrogens is 1. The first kappa shape index (κ1) is 25.0. The molecule has 0 radical (unpaired) electrons. The lowest BCUT2D eigenvalue weighted by Gasteiger charge is -2.34. The van der Waals surface area contributed by atoms with Crippen molar-refractivity contribution in [2.24, 2.45) is 0 Å². The molecular formula is C26H31ClN4O4S. The molecule has 5 rings (SSSR count). The SMILES string of the molecule is COc1cc2cc(C(=O)NC3CCN(C(C)C)CC3)n(CC3C=C(c4ccc(Cl)s4)ON3)c2cc1O. The van der Waals surface area contributed by atoms with E-state index >= 15 is 0 Å². The van der Waals surface area contributed by atoms with Crippen LogP contribution < -0.4 is 15.5 Å². The summed E-state index contributed by atoms with van der Waals surface area (Å²) in [5.74, 6) is 0.978. The Bertz CT molecular complexity index is 1290. The fourth-order valence-corrected chi connectivity index (χ4v) is 5.91. The highest BCUT2D eigenvalue weighted by Gasteiger charge is 2.27. The summed E-state index contributed by atoms with van der Waals surface area (Å²) in [6, 6.07) is 9.47. The highest BCUT2D eigenvalue weighted by molar-refractivity contribution is 7.17. The Labute approximate surface area is 219 Å². The monoisotopic (exact) mass is 530 g/mol. The molecular weight excluding hydrogens is 500 g/mol. The summed E-state index contributed by atoms with van der Waals surface area (Å²) >= 11 is 7.53. The smallest absolute Gasteiger partial charge is 0.268 e. The Morgan fingerprint density at radius 3 is 2.75 bits per heavy atom. The highest BCUT2D eigenvalue weighted by atomic mass is 35.5. The number of amides is 1. The molecule has 3 aromatic rings. The van der Waals surface area contributed by atoms with Gasteiger partial charge in [-0.3, -0.25) is 4.79 Å². The van der Waals surface area contributed by atoms with Crippen molar-refractivity contribution in [2.75, 3.05) is 20.2 Å². The number of carbonyl (C=O) groups excluding carboxylic acids is 1. The van der Waals surface area contributed by atoms with E-state index in [1.807, 2.05) is 28.8 Å². The van der Waals surface area contributed by atoms with Crippen LogP contribution >= 0.6 is 22.9 Å². The number of phenolic OH excluding ortho intramolecular Hbond substituents is 1. The predicted octanol–water partition coefficient (Wildman–Crippen LogP) is 4.62. The third kappa shape index (κ3) is 5.06. The van der Waals surface area contributed by atoms with Gasteiger partial charge in [-0.15, -0.1) is 16.8 Å². The number of hydroxylamine groups is 1. The van der Waals surface area contributed by atoms with Gasteiger partial charge in [-0.2, -0.15) is 0 Å². The maximum absolute atomic E-state index is 13.5. The van der Waals surface area contributed by atoms with Crippen molar-refractivity contribution in [3.05, 3.63) is 51.3 Å². The van der Waals surface area contributed by atoms with Crippen molar-refractivity contribution in [2.45, 2.75) is 51.4 Å². The second-order valence-electron chi connectivity index (χ2n) is 9.56. The molecule has 8 nitrogen and oxygen atoms in total. The number of ether oxygens (including phenoxy) is 1. The Balaban J connectivity index is 1.41. The van der Waals surface area contributed by atoms with Crippen molar-refractivity contribution in [1.29, 1.82) is 0 Å². The number of likely N-dealkylation sites (tertiary alicyclic amines) is 1. The van der Waals surface area contributed by atoms with Crippen LogP contribution in [0.5, 0.6) is 11.5 Å². The van der Waals surface area contributed by atoms with Crippen LogP contribution in [0.2, 0.25) is 4.34 Å². The molecule has 0 aliphatic carbocycles. The third-order valence-electron chi connectivity index (χ3n) is 6.90. The van der Waals surface area contributed by atoms with Gasteiger partial charge in [0.1, 0.15) is 5.69 Å². The number of methoxy groups -OCH3 is 1. The molecule has 192 valence electrons. The molecule has 10 heteroatoms. The van der Waals surface area contributed by atoms with E-state index in [9.17, 15) is 9.90 Å². The van der Waals surface area contributed by atoms with Crippen molar-refractivity contribution >= 4 is 45.5 Å². The topological polar surface area (TPSA) is 88.0 Å². The van der Waals surface area contributed by atoms with Crippen LogP contribution in [-0.4, -0.2) is 58.8 Å². The number of nitrogens with zero attached hydrogens (tertiary/aromatic N) is 2. The zero-order valence-electron chi connectivity index (χ0n) is 20.6. The fraction of sp³-hybridized carbons (Fsp3) is 0.423. The zero-order valence-corrected chi connectivity index (χ0v) is 22.2. The van der Waals surface area contributed by atoms with Crippen molar-refractivity contribution in [3.63, 3.8) is 0 Å². The molecule has 1 saturated heterocycles. The van der Waals surface area contributed by atoms with Crippen LogP contribution in [0.4, 0.5) is 0 Å². The molecule has 1 aromatic carbocycles. The molecule has 36 heavy (non-hydrogen) atoms. The number of nitrogens with one attached hydrogen (secondary N) is 2. The zero-order chi connectivity index (χ0) is 25.4. The highest BCUT2D eigenvalue weighted by Crippen LogP contribution is 2.34. The van der Waals surface area contributed by atoms with Crippen molar-refractivity contribution < 1.29 is 19.5 Å². The molecule has 1 fully saturated rings. The minimum absolute atomic E-state index is 0.0254. The molecule has 0 spiro atoms. The first-order valence-electron chi connectivity index (χ1n) is 12.2. The number of benzene rings is 1. The number of aromatic hydroxyl groups is 1. The Hall–Kier alpha value is -2.72. The summed E-state index contributed by atoms with van der Waals surface area (Å²) in [7, 11) is 1.51. The van der Waals surface area contributed by atoms with E-state index in [1.54, 1.807) is 12.1 Å². The largest absolute Gasteiger partial charge is 0.504 e. The van der Waals surface area contributed by atoms with Gasteiger partial charge in [0.15, 0.2) is 17.3 Å². The van der Waals surface area contributed by atoms with E-state index in [2.05, 4.69) is 29.5 Å². The average Bonchev–Trinajstić information content (AvgIpc) is 3.58. The standard InChI is InChI=1S/C26H31ClN4O4S/c1-15(2)30-8-6-17(7-9-30)28-26(33)20-10-16-11-22(34-3)21(32)13-19(16)31(20)14-18-12-23(35-29-18)24-4-5-25(27)36-24/h4-5,10-13,15,17-18,29,32H,6-9,14H2,1-3H3,(H,28,33). The maximum Gasteiger partial charge on any atom is 0.268 e. The number of rotatable bonds is 7. The van der Waals surface area contributed by atoms with E-state index in [-0.39, 0.29) is 23.7 Å². The molecule has 1 amide bonds. The van der Waals surface area contributed by atoms with Gasteiger partial charge in [0.05, 0.1) is 27.9 Å². The van der Waals surface area contributed by atoms with E-state index in [0.717, 1.165) is 41.7 Å². The van der Waals surface area contributed by atoms with E-state index in [0.29, 0.717) is 34.1 Å². The number of hydrogen-bond acceptors (Lipinski definition) is 7. The summed E-state index contributed by atoms with van der Waals surface area (Å²) < 4.78 is 7.91. The maximum atomic E-state index is 13.5. The molecule has 2 aromatic heterocycles. The molecule has 1 atom stereocenters. The normalized spacial score (nSPS) is 19.0. The minimum atomic E-state index is -0.179. The lowest BCUT2D eigenvalue weighted by Crippen LogP contribution is -2.47. The Morgan fingerprint density at radius 1 is 1.31 bits per heavy atom. The van der Waals surface area contributed by atoms with Gasteiger partial charge >= 0.3 is 0 Å². The van der Waals surface area contributed by atoms with Gasteiger partial charge < -0.3 is 29.5 Å². The quantitative estimate of drug-likeness (QED) is 0.413. The van der Waals surface area contributed by atoms with Crippen LogP contribution in [0, 0.1) is 0 Å². The fourth-order valence-electron chi connectivity index (χ4n) is 4.90. The first-order chi connectivity index (χ1) is 17.3. The number of fused-ring (bicyclic) bond motifs is 1. The van der Waals surface area contributed by atoms with E-state index in [1.165, 1.54) is 18.4 Å². The molecule has 0 bridgehead atoms. The molecule has 4 heterocycles. The molecule has 2 aliphatic heterocycles. The van der Waals surface area contributed by atoms with Crippen LogP contribution in [0.15, 0.2) is 36.4 Å². The minimum Gasteiger partial charge on any atom is -0.504 e. The molecule has 3 N–H and O–H groups in total. The van der Waals surface area contributed by atoms with Gasteiger partial charge in [0.25, 0.3) is 5.91 Å². The summed E-state index contributed by atoms with van der Waals surface area (Å²) in [6.07, 6.45) is 3.83. The number of phenols is 1. The third-order valence-corrected chi connectivity index (χ3v) is 8.14. The van der Waals surface area contributed by atoms with Crippen LogP contribution in [-0.2, 0) is 11.4 Å². The summed E-state index contributed by atoms with van der Waals surface area (Å²) in [6.45, 7) is 6.79. The van der Waals surface area contributed by atoms with Gasteiger partial charge in [0, 0.05) is 43.2 Å². The van der Waals surface area contributed by atoms with Crippen LogP contribution in [0.1, 0.15) is 42.1 Å². The molecule has 0 saturated carbocycles. The number of carbonyl (C=O) groups is 1. The number of piperidine rings is 1. The van der Waals surface area contributed by atoms with Gasteiger partial charge in [-0.1, -0.05) is 11.6 Å². The van der Waals surface area contributed by atoms with Crippen molar-refractivity contribution in [3.8, 4) is 11.5 Å². The first-order valence-corrected chi connectivity index (χ1v) is 13.4. The summed E-state index contributed by atoms with van der Waals surface area (Å²) in [4.78, 5) is 22.6. The predicted molar refractivity (Wildman–Crippen MR) is 143 cm³/mol. The average molecular weight is 531 g/mol.